The number of benzene rings is 1. The van der Waals surface area contributed by atoms with Crippen LogP contribution >= 0.6 is 23.2 Å². The molecule has 4 rings (SSSR count). The molecule has 1 saturated carbocycles. The highest BCUT2D eigenvalue weighted by atomic mass is 35.5. The van der Waals surface area contributed by atoms with Gasteiger partial charge < -0.3 is 10.4 Å². The molecule has 0 unspecified atom stereocenters. The summed E-state index contributed by atoms with van der Waals surface area (Å²) in [6.07, 6.45) is 6.14. The lowest BCUT2D eigenvalue weighted by Gasteiger charge is -2.23. The van der Waals surface area contributed by atoms with Crippen LogP contribution < -0.4 is 5.32 Å². The molecule has 0 aliphatic heterocycles. The third-order valence-corrected chi connectivity index (χ3v) is 5.94. The van der Waals surface area contributed by atoms with E-state index in [9.17, 15) is 14.7 Å². The topological polar surface area (TPSA) is 84.2 Å². The average molecular weight is 406 g/mol. The number of rotatable bonds is 5. The molecule has 2 N–H and O–H groups in total. The van der Waals surface area contributed by atoms with Crippen molar-refractivity contribution in [3.63, 3.8) is 0 Å². The summed E-state index contributed by atoms with van der Waals surface area (Å²) in [5.41, 5.74) is 0.875. The molecule has 1 aromatic heterocycles. The van der Waals surface area contributed by atoms with E-state index in [0.717, 1.165) is 5.56 Å². The smallest absolute Gasteiger partial charge is 0.307 e. The number of nitrogens with zero attached hydrogens (tertiary/aromatic N) is 2. The maximum absolute atomic E-state index is 12.8. The Hall–Kier alpha value is -2.31. The number of aliphatic carboxylic acids is 1. The Balaban J connectivity index is 1.51. The number of fused-ring (bicyclic) bond motifs is 2. The number of hydrogen-bond donors (Lipinski definition) is 2. The van der Waals surface area contributed by atoms with Gasteiger partial charge >= 0.3 is 5.97 Å². The standard InChI is InChI=1S/C19H17Cl2N3O3/c20-13-4-2-1-3-12(13)8-24-9-14(21)17(23-24)22-18(25)15-10-5-6-11(7-10)16(15)19(26)27/h1-6,9-11,15-16H,7-8H2,(H,26,27)(H,22,23,25)/t10-,11-,15+,16+/m0/s1. The van der Waals surface area contributed by atoms with E-state index in [-0.39, 0.29) is 23.6 Å². The molecule has 6 nitrogen and oxygen atoms in total. The second-order valence-corrected chi connectivity index (χ2v) is 7.76. The maximum Gasteiger partial charge on any atom is 0.307 e. The Morgan fingerprint density at radius 2 is 1.85 bits per heavy atom. The summed E-state index contributed by atoms with van der Waals surface area (Å²) in [5.74, 6) is -2.53. The van der Waals surface area contributed by atoms with Gasteiger partial charge in [0, 0.05) is 11.2 Å². The van der Waals surface area contributed by atoms with Crippen LogP contribution in [-0.4, -0.2) is 26.8 Å². The Morgan fingerprint density at radius 1 is 1.15 bits per heavy atom. The third kappa shape index (κ3) is 3.35. The molecule has 2 aromatic rings. The van der Waals surface area contributed by atoms with E-state index >= 15 is 0 Å². The van der Waals surface area contributed by atoms with Crippen LogP contribution in [0.1, 0.15) is 12.0 Å². The van der Waals surface area contributed by atoms with E-state index < -0.39 is 17.8 Å². The van der Waals surface area contributed by atoms with Crippen molar-refractivity contribution in [2.75, 3.05) is 5.32 Å². The van der Waals surface area contributed by atoms with Crippen molar-refractivity contribution >= 4 is 40.9 Å². The number of aromatic nitrogens is 2. The quantitative estimate of drug-likeness (QED) is 0.742. The van der Waals surface area contributed by atoms with Gasteiger partial charge in [-0.15, -0.1) is 0 Å². The molecule has 1 amide bonds. The minimum atomic E-state index is -0.942. The van der Waals surface area contributed by atoms with E-state index in [4.69, 9.17) is 23.2 Å². The van der Waals surface area contributed by atoms with Crippen LogP contribution in [0.3, 0.4) is 0 Å². The van der Waals surface area contributed by atoms with Crippen molar-refractivity contribution in [3.8, 4) is 0 Å². The normalized spacial score (nSPS) is 25.7. The number of carbonyl (C=O) groups is 2. The number of nitrogens with one attached hydrogen (secondary N) is 1. The summed E-state index contributed by atoms with van der Waals surface area (Å²) in [6, 6.07) is 7.40. The largest absolute Gasteiger partial charge is 0.481 e. The molecule has 2 aliphatic rings. The molecule has 27 heavy (non-hydrogen) atoms. The number of amides is 1. The molecule has 1 heterocycles. The number of carboxylic acid groups (broad SMARTS) is 1. The van der Waals surface area contributed by atoms with Crippen LogP contribution in [0, 0.1) is 23.7 Å². The maximum atomic E-state index is 12.8. The predicted octanol–water partition coefficient (Wildman–Crippen LogP) is 3.70. The molecule has 140 valence electrons. The van der Waals surface area contributed by atoms with E-state index in [1.54, 1.807) is 16.9 Å². The number of anilines is 1. The highest BCUT2D eigenvalue weighted by molar-refractivity contribution is 6.33. The van der Waals surface area contributed by atoms with Crippen molar-refractivity contribution in [1.82, 2.24) is 9.78 Å². The lowest BCUT2D eigenvalue weighted by molar-refractivity contribution is -0.146. The molecule has 1 aromatic carbocycles. The lowest BCUT2D eigenvalue weighted by Crippen LogP contribution is -2.36. The van der Waals surface area contributed by atoms with Gasteiger partial charge in [-0.1, -0.05) is 53.6 Å². The molecular formula is C19H17Cl2N3O3. The molecule has 2 aliphatic carbocycles. The van der Waals surface area contributed by atoms with Gasteiger partial charge in [-0.25, -0.2) is 0 Å². The average Bonchev–Trinajstić information content (AvgIpc) is 3.32. The molecule has 0 saturated heterocycles. The third-order valence-electron chi connectivity index (χ3n) is 5.30. The fourth-order valence-corrected chi connectivity index (χ4v) is 4.47. The Bertz CT molecular complexity index is 940. The number of halogens is 2. The lowest BCUT2D eigenvalue weighted by atomic mass is 9.82. The van der Waals surface area contributed by atoms with Crippen molar-refractivity contribution < 1.29 is 14.7 Å². The van der Waals surface area contributed by atoms with Crippen LogP contribution in [-0.2, 0) is 16.1 Å². The zero-order valence-electron chi connectivity index (χ0n) is 14.2. The minimum Gasteiger partial charge on any atom is -0.481 e. The molecule has 8 heteroatoms. The van der Waals surface area contributed by atoms with E-state index in [1.165, 1.54) is 0 Å². The van der Waals surface area contributed by atoms with Gasteiger partial charge in [0.25, 0.3) is 0 Å². The molecule has 0 spiro atoms. The highest BCUT2D eigenvalue weighted by Crippen LogP contribution is 2.48. The summed E-state index contributed by atoms with van der Waals surface area (Å²) in [7, 11) is 0. The zero-order valence-corrected chi connectivity index (χ0v) is 15.7. The number of allylic oxidation sites excluding steroid dienone is 2. The van der Waals surface area contributed by atoms with Gasteiger partial charge in [-0.3, -0.25) is 14.3 Å². The van der Waals surface area contributed by atoms with Gasteiger partial charge in [0.05, 0.1) is 18.4 Å². The zero-order chi connectivity index (χ0) is 19.1. The Morgan fingerprint density at radius 3 is 2.56 bits per heavy atom. The van der Waals surface area contributed by atoms with Crippen LogP contribution in [0.15, 0.2) is 42.6 Å². The van der Waals surface area contributed by atoms with E-state index in [0.29, 0.717) is 23.0 Å². The van der Waals surface area contributed by atoms with Crippen molar-refractivity contribution in [3.05, 3.63) is 58.2 Å². The van der Waals surface area contributed by atoms with Crippen molar-refractivity contribution in [2.24, 2.45) is 23.7 Å². The highest BCUT2D eigenvalue weighted by Gasteiger charge is 2.51. The summed E-state index contributed by atoms with van der Waals surface area (Å²) >= 11 is 12.4. The molecule has 0 radical (unpaired) electrons. The molecular weight excluding hydrogens is 389 g/mol. The van der Waals surface area contributed by atoms with E-state index in [1.807, 2.05) is 30.4 Å². The fraction of sp³-hybridized carbons (Fsp3) is 0.316. The van der Waals surface area contributed by atoms with Crippen LogP contribution in [0.5, 0.6) is 0 Å². The first kappa shape index (κ1) is 18.1. The van der Waals surface area contributed by atoms with Gasteiger partial charge in [-0.05, 0) is 29.9 Å². The summed E-state index contributed by atoms with van der Waals surface area (Å²) in [4.78, 5) is 24.3. The number of hydrogen-bond acceptors (Lipinski definition) is 3. The second kappa shape index (κ2) is 7.02. The number of carboxylic acids is 1. The summed E-state index contributed by atoms with van der Waals surface area (Å²) in [6.45, 7) is 0.407. The van der Waals surface area contributed by atoms with E-state index in [2.05, 4.69) is 10.4 Å². The van der Waals surface area contributed by atoms with Crippen LogP contribution in [0.25, 0.3) is 0 Å². The first-order chi connectivity index (χ1) is 12.9. The van der Waals surface area contributed by atoms with Crippen LogP contribution in [0.4, 0.5) is 5.82 Å². The number of carbonyl (C=O) groups excluding carboxylic acids is 1. The van der Waals surface area contributed by atoms with Gasteiger partial charge in [-0.2, -0.15) is 5.10 Å². The fourth-order valence-electron chi connectivity index (χ4n) is 4.08. The summed E-state index contributed by atoms with van der Waals surface area (Å²) in [5, 5.41) is 17.4. The van der Waals surface area contributed by atoms with Gasteiger partial charge in [0.15, 0.2) is 5.82 Å². The second-order valence-electron chi connectivity index (χ2n) is 6.94. The minimum absolute atomic E-state index is 0.0555. The molecule has 1 fully saturated rings. The van der Waals surface area contributed by atoms with Crippen LogP contribution in [0.2, 0.25) is 10.0 Å². The monoisotopic (exact) mass is 405 g/mol. The Labute approximate surface area is 165 Å². The SMILES string of the molecule is O=C(O)[C@H]1[C@H](C(=O)Nc2nn(Cc3ccccc3Cl)cc2Cl)[C@H]2C=C[C@H]1C2. The van der Waals surface area contributed by atoms with Crippen molar-refractivity contribution in [2.45, 2.75) is 13.0 Å². The first-order valence-corrected chi connectivity index (χ1v) is 9.38. The summed E-state index contributed by atoms with van der Waals surface area (Å²) < 4.78 is 1.59. The molecule has 2 bridgehead atoms. The Kier molecular flexibility index (Phi) is 4.70. The first-order valence-electron chi connectivity index (χ1n) is 8.62. The molecule has 4 atom stereocenters. The van der Waals surface area contributed by atoms with Crippen molar-refractivity contribution in [1.29, 1.82) is 0 Å². The van der Waals surface area contributed by atoms with Gasteiger partial charge in [0.2, 0.25) is 5.91 Å². The predicted molar refractivity (Wildman–Crippen MR) is 102 cm³/mol. The van der Waals surface area contributed by atoms with Gasteiger partial charge in [0.1, 0.15) is 5.02 Å².